The van der Waals surface area contributed by atoms with Gasteiger partial charge in [-0.3, -0.25) is 10.1 Å². The summed E-state index contributed by atoms with van der Waals surface area (Å²) < 4.78 is 15.9. The molecule has 0 fully saturated rings. The summed E-state index contributed by atoms with van der Waals surface area (Å²) >= 11 is 0. The third-order valence-corrected chi connectivity index (χ3v) is 3.25. The van der Waals surface area contributed by atoms with Crippen molar-refractivity contribution < 1.29 is 18.8 Å². The van der Waals surface area contributed by atoms with E-state index in [1.54, 1.807) is 6.07 Å². The molecule has 1 unspecified atom stereocenters. The van der Waals surface area contributed by atoms with Crippen LogP contribution in [0.1, 0.15) is 24.5 Å². The van der Waals surface area contributed by atoms with Crippen molar-refractivity contribution >= 4 is 11.4 Å². The van der Waals surface area contributed by atoms with Crippen LogP contribution in [0.25, 0.3) is 0 Å². The SMILES string of the molecule is Cc1ccc(C(C)Nc2cc3c(cc2[N+](=O)[O-])OCO3)o1. The second kappa shape index (κ2) is 5.01. The quantitative estimate of drug-likeness (QED) is 0.686. The Balaban J connectivity index is 1.92. The average molecular weight is 290 g/mol. The molecule has 1 atom stereocenters. The number of benzene rings is 1. The summed E-state index contributed by atoms with van der Waals surface area (Å²) in [7, 11) is 0. The molecule has 0 aliphatic carbocycles. The fourth-order valence-corrected chi connectivity index (χ4v) is 2.19. The normalized spacial score (nSPS) is 14.0. The number of nitro groups is 1. The number of hydrogen-bond acceptors (Lipinski definition) is 6. The predicted molar refractivity (Wildman–Crippen MR) is 74.7 cm³/mol. The molecule has 21 heavy (non-hydrogen) atoms. The first-order valence-corrected chi connectivity index (χ1v) is 6.45. The number of furan rings is 1. The largest absolute Gasteiger partial charge is 0.464 e. The van der Waals surface area contributed by atoms with Crippen LogP contribution in [-0.4, -0.2) is 11.7 Å². The summed E-state index contributed by atoms with van der Waals surface area (Å²) in [6, 6.07) is 6.42. The fraction of sp³-hybridized carbons (Fsp3) is 0.286. The fourth-order valence-electron chi connectivity index (χ4n) is 2.19. The highest BCUT2D eigenvalue weighted by molar-refractivity contribution is 5.69. The van der Waals surface area contributed by atoms with Crippen LogP contribution in [0.15, 0.2) is 28.7 Å². The molecule has 0 radical (unpaired) electrons. The molecule has 2 aromatic rings. The van der Waals surface area contributed by atoms with E-state index in [9.17, 15) is 10.1 Å². The number of hydrogen-bond donors (Lipinski definition) is 1. The van der Waals surface area contributed by atoms with Crippen LogP contribution in [0.5, 0.6) is 11.5 Å². The zero-order valence-corrected chi connectivity index (χ0v) is 11.6. The molecule has 7 heteroatoms. The monoisotopic (exact) mass is 290 g/mol. The average Bonchev–Trinajstić information content (AvgIpc) is 3.05. The molecule has 1 aliphatic rings. The second-order valence-corrected chi connectivity index (χ2v) is 4.79. The van der Waals surface area contributed by atoms with Gasteiger partial charge in [-0.1, -0.05) is 0 Å². The van der Waals surface area contributed by atoms with Crippen molar-refractivity contribution in [2.45, 2.75) is 19.9 Å². The molecule has 3 rings (SSSR count). The van der Waals surface area contributed by atoms with Gasteiger partial charge in [-0.25, -0.2) is 0 Å². The van der Waals surface area contributed by atoms with Crippen molar-refractivity contribution in [2.75, 3.05) is 12.1 Å². The number of aryl methyl sites for hydroxylation is 1. The maximum Gasteiger partial charge on any atom is 0.296 e. The molecule has 1 aromatic heterocycles. The van der Waals surface area contributed by atoms with Gasteiger partial charge in [0.1, 0.15) is 17.2 Å². The Bertz CT molecular complexity index is 695. The molecule has 0 spiro atoms. The van der Waals surface area contributed by atoms with E-state index in [4.69, 9.17) is 13.9 Å². The summed E-state index contributed by atoms with van der Waals surface area (Å²) in [5.74, 6) is 2.37. The third kappa shape index (κ3) is 2.49. The highest BCUT2D eigenvalue weighted by Gasteiger charge is 2.24. The van der Waals surface area contributed by atoms with Gasteiger partial charge in [0.15, 0.2) is 11.5 Å². The molecule has 0 saturated carbocycles. The summed E-state index contributed by atoms with van der Waals surface area (Å²) in [5.41, 5.74) is 0.306. The minimum absolute atomic E-state index is 0.0608. The summed E-state index contributed by atoms with van der Waals surface area (Å²) in [6.07, 6.45) is 0. The molecule has 110 valence electrons. The minimum atomic E-state index is -0.454. The van der Waals surface area contributed by atoms with E-state index < -0.39 is 4.92 Å². The minimum Gasteiger partial charge on any atom is -0.464 e. The summed E-state index contributed by atoms with van der Waals surface area (Å²) in [4.78, 5) is 10.7. The highest BCUT2D eigenvalue weighted by Crippen LogP contribution is 2.41. The lowest BCUT2D eigenvalue weighted by Gasteiger charge is -2.13. The van der Waals surface area contributed by atoms with Gasteiger partial charge in [-0.05, 0) is 26.0 Å². The van der Waals surface area contributed by atoms with E-state index in [-0.39, 0.29) is 18.5 Å². The van der Waals surface area contributed by atoms with Crippen LogP contribution < -0.4 is 14.8 Å². The van der Waals surface area contributed by atoms with Crippen LogP contribution in [0.3, 0.4) is 0 Å². The van der Waals surface area contributed by atoms with Gasteiger partial charge in [-0.15, -0.1) is 0 Å². The van der Waals surface area contributed by atoms with Crippen molar-refractivity contribution in [3.05, 3.63) is 45.9 Å². The topological polar surface area (TPSA) is 86.8 Å². The van der Waals surface area contributed by atoms with Crippen molar-refractivity contribution in [1.82, 2.24) is 0 Å². The van der Waals surface area contributed by atoms with Crippen molar-refractivity contribution in [2.24, 2.45) is 0 Å². The van der Waals surface area contributed by atoms with Gasteiger partial charge in [-0.2, -0.15) is 0 Å². The summed E-state index contributed by atoms with van der Waals surface area (Å²) in [6.45, 7) is 3.79. The first kappa shape index (κ1) is 13.3. The zero-order valence-electron chi connectivity index (χ0n) is 11.6. The maximum absolute atomic E-state index is 11.2. The molecular weight excluding hydrogens is 276 g/mol. The van der Waals surface area contributed by atoms with Gasteiger partial charge in [0.2, 0.25) is 6.79 Å². The van der Waals surface area contributed by atoms with Crippen molar-refractivity contribution in [3.63, 3.8) is 0 Å². The van der Waals surface area contributed by atoms with E-state index in [0.717, 1.165) is 5.76 Å². The van der Waals surface area contributed by atoms with Gasteiger partial charge in [0.05, 0.1) is 17.0 Å². The molecule has 7 nitrogen and oxygen atoms in total. The van der Waals surface area contributed by atoms with Crippen LogP contribution in [-0.2, 0) is 0 Å². The maximum atomic E-state index is 11.2. The smallest absolute Gasteiger partial charge is 0.296 e. The lowest BCUT2D eigenvalue weighted by molar-refractivity contribution is -0.384. The van der Waals surface area contributed by atoms with Gasteiger partial charge in [0, 0.05) is 6.07 Å². The Morgan fingerprint density at radius 1 is 1.29 bits per heavy atom. The van der Waals surface area contributed by atoms with Crippen LogP contribution in [0.2, 0.25) is 0 Å². The number of anilines is 1. The van der Waals surface area contributed by atoms with E-state index >= 15 is 0 Å². The standard InChI is InChI=1S/C14H14N2O5/c1-8-3-4-12(21-8)9(2)15-10-5-13-14(20-7-19-13)6-11(10)16(17)18/h3-6,9,15H,7H2,1-2H3. The molecular formula is C14H14N2O5. The first-order valence-electron chi connectivity index (χ1n) is 6.45. The molecule has 2 heterocycles. The van der Waals surface area contributed by atoms with Crippen LogP contribution in [0, 0.1) is 17.0 Å². The van der Waals surface area contributed by atoms with Gasteiger partial charge < -0.3 is 19.2 Å². The molecule has 0 bridgehead atoms. The Kier molecular flexibility index (Phi) is 3.17. The third-order valence-electron chi connectivity index (χ3n) is 3.25. The zero-order chi connectivity index (χ0) is 15.0. The highest BCUT2D eigenvalue weighted by atomic mass is 16.7. The number of nitro benzene ring substituents is 1. The van der Waals surface area contributed by atoms with Gasteiger partial charge in [0.25, 0.3) is 5.69 Å². The molecule has 0 saturated heterocycles. The lowest BCUT2D eigenvalue weighted by atomic mass is 10.2. The molecule has 1 aliphatic heterocycles. The molecule has 1 aromatic carbocycles. The van der Waals surface area contributed by atoms with E-state index in [0.29, 0.717) is 22.9 Å². The Morgan fingerprint density at radius 2 is 2.00 bits per heavy atom. The Hall–Kier alpha value is -2.70. The number of nitrogens with one attached hydrogen (secondary N) is 1. The second-order valence-electron chi connectivity index (χ2n) is 4.79. The first-order chi connectivity index (χ1) is 10.0. The number of nitrogens with zero attached hydrogens (tertiary/aromatic N) is 1. The summed E-state index contributed by atoms with van der Waals surface area (Å²) in [5, 5.41) is 14.3. The molecule has 0 amide bonds. The van der Waals surface area contributed by atoms with Crippen molar-refractivity contribution in [1.29, 1.82) is 0 Å². The Labute approximate surface area is 120 Å². The van der Waals surface area contributed by atoms with E-state index in [1.165, 1.54) is 6.07 Å². The van der Waals surface area contributed by atoms with Crippen molar-refractivity contribution in [3.8, 4) is 11.5 Å². The number of rotatable bonds is 4. The molecule has 1 N–H and O–H groups in total. The van der Waals surface area contributed by atoms with E-state index in [1.807, 2.05) is 26.0 Å². The van der Waals surface area contributed by atoms with Gasteiger partial charge >= 0.3 is 0 Å². The van der Waals surface area contributed by atoms with Crippen LogP contribution >= 0.6 is 0 Å². The lowest BCUT2D eigenvalue weighted by Crippen LogP contribution is -2.07. The Morgan fingerprint density at radius 3 is 2.62 bits per heavy atom. The van der Waals surface area contributed by atoms with E-state index in [2.05, 4.69) is 5.32 Å². The number of ether oxygens (including phenoxy) is 2. The number of fused-ring (bicyclic) bond motifs is 1. The van der Waals surface area contributed by atoms with Crippen LogP contribution in [0.4, 0.5) is 11.4 Å². The predicted octanol–water partition coefficient (Wildman–Crippen LogP) is 3.40.